The highest BCUT2D eigenvalue weighted by Crippen LogP contribution is 2.63. The highest BCUT2D eigenvalue weighted by molar-refractivity contribution is 7.98. The van der Waals surface area contributed by atoms with Crippen LogP contribution in [0.2, 0.25) is 0 Å². The maximum atomic E-state index is 15.3. The number of hydrogen-bond donors (Lipinski definition) is 4. The third-order valence-electron chi connectivity index (χ3n) is 13.8. The van der Waals surface area contributed by atoms with Crippen LogP contribution < -0.4 is 5.32 Å². The minimum Gasteiger partial charge on any atom is -0.456 e. The first-order chi connectivity index (χ1) is 30.5. The molecule has 11 atom stereocenters. The topological polar surface area (TPSA) is 196 Å². The number of amides is 1. The van der Waals surface area contributed by atoms with Gasteiger partial charge in [-0.05, 0) is 67.3 Å². The molecular formula is C48H57NO13S2. The van der Waals surface area contributed by atoms with Crippen molar-refractivity contribution in [2.45, 2.75) is 94.4 Å². The fraction of sp³-hybridized carbons (Fsp3) is 0.500. The zero-order chi connectivity index (χ0) is 46.0. The minimum atomic E-state index is -2.25. The van der Waals surface area contributed by atoms with E-state index in [-0.39, 0.29) is 48.4 Å². The Morgan fingerprint density at radius 2 is 1.48 bits per heavy atom. The quantitative estimate of drug-likeness (QED) is 0.0629. The summed E-state index contributed by atoms with van der Waals surface area (Å²) in [6, 6.07) is 24.2. The van der Waals surface area contributed by atoms with Crippen LogP contribution in [-0.2, 0) is 38.0 Å². The van der Waals surface area contributed by atoms with Gasteiger partial charge in [0.05, 0.1) is 47.7 Å². The van der Waals surface area contributed by atoms with Crippen molar-refractivity contribution in [2.75, 3.05) is 37.8 Å². The molecule has 10 unspecified atom stereocenters. The minimum absolute atomic E-state index is 0.0600. The molecule has 14 nitrogen and oxygen atoms in total. The second-order valence-electron chi connectivity index (χ2n) is 17.6. The maximum absolute atomic E-state index is 15.3. The molecule has 0 aromatic heterocycles. The molecule has 1 heterocycles. The van der Waals surface area contributed by atoms with E-state index in [2.05, 4.69) is 5.32 Å². The molecule has 0 spiro atoms. The van der Waals surface area contributed by atoms with Crippen LogP contribution in [0.5, 0.6) is 0 Å². The average Bonchev–Trinajstić information content (AvgIpc) is 3.29. The van der Waals surface area contributed by atoms with Crippen LogP contribution in [0.15, 0.2) is 102 Å². The second-order valence-corrected chi connectivity index (χ2v) is 19.3. The van der Waals surface area contributed by atoms with Crippen molar-refractivity contribution in [3.8, 4) is 0 Å². The van der Waals surface area contributed by atoms with E-state index in [0.717, 1.165) is 0 Å². The number of rotatable bonds is 16. The normalized spacial score (nSPS) is 31.5. The van der Waals surface area contributed by atoms with Crippen molar-refractivity contribution in [2.24, 2.45) is 16.7 Å². The summed E-state index contributed by atoms with van der Waals surface area (Å²) >= 11 is 2.76. The lowest BCUT2D eigenvalue weighted by Crippen LogP contribution is -2.81. The largest absolute Gasteiger partial charge is 0.456 e. The van der Waals surface area contributed by atoms with Crippen LogP contribution in [0.4, 0.5) is 0 Å². The Labute approximate surface area is 381 Å². The standard InChI is InChI=1S/C48H57NO13S2/c1-28-32(61-44(54)38(59-25-57-26-63-5)36(29-16-10-7-11-17-29)49-42(52)30-18-12-8-13-19-30)23-48(56)41(62-43(53)31-20-14-9-15-21-31)39-46(4,40(51)37(50)35(28)45(48,2)3)33(60-27-64-6)22-34-47(39,55)24-58-34/h7-21,32-34,36-39,41,50,55-56H,22-27H2,1-6H3,(H,49,52)/t32?,33?,34?,36?,37?,38?,39?,41?,46-,47?,48?/m1/s1. The van der Waals surface area contributed by atoms with Crippen molar-refractivity contribution in [1.29, 1.82) is 0 Å². The van der Waals surface area contributed by atoms with Gasteiger partial charge in [0, 0.05) is 29.7 Å². The van der Waals surface area contributed by atoms with E-state index in [0.29, 0.717) is 11.1 Å². The Bertz CT molecular complexity index is 2190. The van der Waals surface area contributed by atoms with Gasteiger partial charge in [0.15, 0.2) is 11.9 Å². The highest BCUT2D eigenvalue weighted by atomic mass is 32.2. The number of carbonyl (C=O) groups excluding carboxylic acids is 4. The number of nitrogens with one attached hydrogen (secondary N) is 1. The first-order valence-corrected chi connectivity index (χ1v) is 24.0. The Morgan fingerprint density at radius 1 is 0.875 bits per heavy atom. The average molecular weight is 920 g/mol. The molecule has 3 aromatic carbocycles. The van der Waals surface area contributed by atoms with Crippen LogP contribution in [-0.4, -0.2) is 125 Å². The highest BCUT2D eigenvalue weighted by Gasteiger charge is 2.76. The van der Waals surface area contributed by atoms with E-state index < -0.39 is 101 Å². The van der Waals surface area contributed by atoms with Gasteiger partial charge in [-0.1, -0.05) is 80.6 Å². The molecule has 3 aliphatic carbocycles. The van der Waals surface area contributed by atoms with Crippen LogP contribution in [0.25, 0.3) is 0 Å². The number of thioether (sulfide) groups is 2. The van der Waals surface area contributed by atoms with Gasteiger partial charge in [-0.3, -0.25) is 9.59 Å². The van der Waals surface area contributed by atoms with Crippen LogP contribution >= 0.6 is 23.5 Å². The summed E-state index contributed by atoms with van der Waals surface area (Å²) in [4.78, 5) is 58.3. The van der Waals surface area contributed by atoms with Gasteiger partial charge in [0.1, 0.15) is 36.3 Å². The van der Waals surface area contributed by atoms with Crippen LogP contribution in [0.3, 0.4) is 0 Å². The number of ether oxygens (including phenoxy) is 6. The van der Waals surface area contributed by atoms with E-state index in [9.17, 15) is 29.7 Å². The smallest absolute Gasteiger partial charge is 0.338 e. The molecule has 7 rings (SSSR count). The molecule has 64 heavy (non-hydrogen) atoms. The summed E-state index contributed by atoms with van der Waals surface area (Å²) < 4.78 is 36.9. The van der Waals surface area contributed by atoms with Gasteiger partial charge in [-0.2, -0.15) is 0 Å². The first kappa shape index (κ1) is 47.9. The number of esters is 2. The zero-order valence-corrected chi connectivity index (χ0v) is 38.4. The first-order valence-electron chi connectivity index (χ1n) is 21.2. The fourth-order valence-corrected chi connectivity index (χ4v) is 10.8. The predicted octanol–water partition coefficient (Wildman–Crippen LogP) is 5.26. The lowest BCUT2D eigenvalue weighted by Gasteiger charge is -2.67. The van der Waals surface area contributed by atoms with E-state index in [1.807, 2.05) is 12.5 Å². The molecule has 1 amide bonds. The number of hydrogen-bond acceptors (Lipinski definition) is 15. The van der Waals surface area contributed by atoms with E-state index in [1.54, 1.807) is 119 Å². The molecule has 344 valence electrons. The van der Waals surface area contributed by atoms with Gasteiger partial charge in [-0.25, -0.2) is 9.59 Å². The van der Waals surface area contributed by atoms with E-state index >= 15 is 4.79 Å². The summed E-state index contributed by atoms with van der Waals surface area (Å²) in [5.74, 6) is -4.01. The second kappa shape index (κ2) is 19.4. The predicted molar refractivity (Wildman–Crippen MR) is 239 cm³/mol. The third-order valence-corrected chi connectivity index (χ3v) is 14.6. The van der Waals surface area contributed by atoms with E-state index in [4.69, 9.17) is 28.4 Å². The lowest BCUT2D eigenvalue weighted by molar-refractivity contribution is -0.345. The van der Waals surface area contributed by atoms with Crippen LogP contribution in [0.1, 0.15) is 72.9 Å². The number of aliphatic hydroxyl groups excluding tert-OH is 1. The number of Topliss-reactive ketones (excluding diaryl/α,β-unsaturated/α-hetero) is 1. The molecular weight excluding hydrogens is 863 g/mol. The van der Waals surface area contributed by atoms with Gasteiger partial charge < -0.3 is 49.1 Å². The van der Waals surface area contributed by atoms with Crippen molar-refractivity contribution in [3.05, 3.63) is 119 Å². The molecule has 2 bridgehead atoms. The van der Waals surface area contributed by atoms with Crippen molar-refractivity contribution in [1.82, 2.24) is 5.32 Å². The summed E-state index contributed by atoms with van der Waals surface area (Å²) in [6.07, 6.45) is -4.93. The zero-order valence-electron chi connectivity index (χ0n) is 36.8. The summed E-state index contributed by atoms with van der Waals surface area (Å²) in [7, 11) is 0. The molecule has 3 fully saturated rings. The van der Waals surface area contributed by atoms with Crippen molar-refractivity contribution in [3.63, 3.8) is 0 Å². The monoisotopic (exact) mass is 919 g/mol. The number of fused-ring (bicyclic) bond motifs is 5. The maximum Gasteiger partial charge on any atom is 0.338 e. The van der Waals surface area contributed by atoms with Crippen molar-refractivity contribution < 1.29 is 62.9 Å². The molecule has 16 heteroatoms. The SMILES string of the molecule is CSCOCOC(C(=O)OC1CC2(O)C(OC(=O)c3ccccc3)C3C4(O)COC4CC(OCSC)[C@@]3(C)C(=O)C(O)C(=C1C)C2(C)C)C(NC(=O)c1ccccc1)c1ccccc1. The summed E-state index contributed by atoms with van der Waals surface area (Å²) in [5, 5.41) is 41.8. The number of benzene rings is 3. The Balaban J connectivity index is 1.35. The number of ketones is 1. The lowest BCUT2D eigenvalue weighted by atomic mass is 9.44. The van der Waals surface area contributed by atoms with Gasteiger partial charge in [0.25, 0.3) is 5.91 Å². The fourth-order valence-electron chi connectivity index (χ4n) is 10.3. The number of carbonyl (C=O) groups is 4. The molecule has 3 aromatic rings. The molecule has 1 saturated heterocycles. The van der Waals surface area contributed by atoms with E-state index in [1.165, 1.54) is 23.5 Å². The Kier molecular flexibility index (Phi) is 14.5. The summed E-state index contributed by atoms with van der Waals surface area (Å²) in [5.41, 5.74) is -6.05. The van der Waals surface area contributed by atoms with Gasteiger partial charge >= 0.3 is 11.9 Å². The Morgan fingerprint density at radius 3 is 2.08 bits per heavy atom. The van der Waals surface area contributed by atoms with Gasteiger partial charge in [-0.15, -0.1) is 23.5 Å². The van der Waals surface area contributed by atoms with Crippen molar-refractivity contribution >= 4 is 47.2 Å². The molecule has 2 saturated carbocycles. The summed E-state index contributed by atoms with van der Waals surface area (Å²) in [6.45, 7) is 5.86. The molecule has 0 radical (unpaired) electrons. The molecule has 1 aliphatic heterocycles. The number of aliphatic hydroxyl groups is 3. The molecule has 4 aliphatic rings. The Hall–Kier alpha value is -4.10. The van der Waals surface area contributed by atoms with Crippen LogP contribution in [0, 0.1) is 16.7 Å². The third kappa shape index (κ3) is 8.57. The molecule has 4 N–H and O–H groups in total. The van der Waals surface area contributed by atoms with Gasteiger partial charge in [0.2, 0.25) is 0 Å².